The van der Waals surface area contributed by atoms with Crippen LogP contribution in [0, 0.1) is 0 Å². The number of aromatic nitrogens is 3. The zero-order valence-corrected chi connectivity index (χ0v) is 15.9. The summed E-state index contributed by atoms with van der Waals surface area (Å²) in [4.78, 5) is 16.3. The average molecular weight is 427 g/mol. The Morgan fingerprint density at radius 2 is 1.96 bits per heavy atom. The second-order valence-electron chi connectivity index (χ2n) is 5.78. The minimum atomic E-state index is -0.342. The molecular weight excluding hydrogens is 412 g/mol. The van der Waals surface area contributed by atoms with Crippen molar-refractivity contribution in [3.8, 4) is 22.7 Å². The third-order valence-electron chi connectivity index (χ3n) is 3.99. The molecule has 0 spiro atoms. The van der Waals surface area contributed by atoms with Gasteiger partial charge >= 0.3 is 5.97 Å². The number of anilines is 1. The van der Waals surface area contributed by atoms with Crippen molar-refractivity contribution in [3.63, 3.8) is 0 Å². The van der Waals surface area contributed by atoms with E-state index < -0.39 is 0 Å². The molecule has 0 saturated carbocycles. The number of nitrogens with two attached hydrogens (primary N) is 1. The van der Waals surface area contributed by atoms with E-state index >= 15 is 0 Å². The third-order valence-corrected chi connectivity index (χ3v) is 4.41. The maximum Gasteiger partial charge on any atom is 0.338 e. The van der Waals surface area contributed by atoms with Gasteiger partial charge in [-0.15, -0.1) is 5.10 Å². The Hall–Kier alpha value is -3.13. The lowest BCUT2D eigenvalue weighted by Crippen LogP contribution is -2.04. The lowest BCUT2D eigenvalue weighted by molar-refractivity contribution is 0.0526. The summed E-state index contributed by atoms with van der Waals surface area (Å²) in [6, 6.07) is 14.4. The van der Waals surface area contributed by atoms with Crippen LogP contribution in [0.1, 0.15) is 17.3 Å². The first-order valence-corrected chi connectivity index (χ1v) is 9.04. The number of nitrogens with zero attached hydrogens (tertiary/aromatic N) is 3. The van der Waals surface area contributed by atoms with Gasteiger partial charge < -0.3 is 14.9 Å². The normalized spacial score (nSPS) is 11.0. The predicted octanol–water partition coefficient (Wildman–Crippen LogP) is 4.18. The van der Waals surface area contributed by atoms with E-state index in [9.17, 15) is 4.79 Å². The zero-order chi connectivity index (χ0) is 19.0. The van der Waals surface area contributed by atoms with Crippen molar-refractivity contribution in [1.29, 1.82) is 0 Å². The topological polar surface area (TPSA) is 95.7 Å². The van der Waals surface area contributed by atoms with E-state index in [-0.39, 0.29) is 5.97 Å². The molecule has 3 aromatic heterocycles. The van der Waals surface area contributed by atoms with E-state index in [4.69, 9.17) is 14.9 Å². The number of benzene rings is 1. The summed E-state index contributed by atoms with van der Waals surface area (Å²) in [5.74, 6) is 1.10. The summed E-state index contributed by atoms with van der Waals surface area (Å²) in [6.07, 6.45) is 0. The summed E-state index contributed by atoms with van der Waals surface area (Å²) in [6.45, 7) is 2.12. The highest BCUT2D eigenvalue weighted by Crippen LogP contribution is 2.27. The molecule has 0 amide bonds. The lowest BCUT2D eigenvalue weighted by atomic mass is 10.0. The van der Waals surface area contributed by atoms with E-state index in [0.717, 1.165) is 11.1 Å². The van der Waals surface area contributed by atoms with Gasteiger partial charge in [0.2, 0.25) is 5.82 Å². The van der Waals surface area contributed by atoms with Gasteiger partial charge in [0.05, 0.1) is 12.2 Å². The Balaban J connectivity index is 1.71. The predicted molar refractivity (Wildman–Crippen MR) is 104 cm³/mol. The second-order valence-corrected chi connectivity index (χ2v) is 6.56. The Morgan fingerprint density at radius 3 is 2.63 bits per heavy atom. The van der Waals surface area contributed by atoms with Crippen molar-refractivity contribution in [1.82, 2.24) is 14.6 Å². The third kappa shape index (κ3) is 3.31. The fraction of sp³-hybridized carbons (Fsp3) is 0.105. The van der Waals surface area contributed by atoms with Crippen LogP contribution in [0.15, 0.2) is 57.6 Å². The first-order chi connectivity index (χ1) is 13.0. The minimum absolute atomic E-state index is 0.342. The zero-order valence-electron chi connectivity index (χ0n) is 14.3. The lowest BCUT2D eigenvalue weighted by Gasteiger charge is -2.06. The van der Waals surface area contributed by atoms with Crippen LogP contribution in [0.3, 0.4) is 0 Å². The number of carbonyl (C=O) groups is 1. The van der Waals surface area contributed by atoms with E-state index in [1.165, 1.54) is 0 Å². The van der Waals surface area contributed by atoms with Crippen LogP contribution in [0.5, 0.6) is 0 Å². The largest absolute Gasteiger partial charge is 0.462 e. The molecule has 7 nitrogen and oxygen atoms in total. The molecule has 0 unspecified atom stereocenters. The van der Waals surface area contributed by atoms with Crippen LogP contribution in [-0.4, -0.2) is 27.2 Å². The number of halogens is 1. The molecule has 0 radical (unpaired) electrons. The molecule has 8 heteroatoms. The standard InChI is InChI=1S/C19H15BrN4O3/c1-2-26-19(25)12-5-3-11(4-6-12)13-9-16(21)24-17(10-13)22-18(23-24)14-7-8-15(20)27-14/h3-10H,2,21H2,1H3. The number of ether oxygens (including phenoxy) is 1. The Morgan fingerprint density at radius 1 is 1.19 bits per heavy atom. The summed E-state index contributed by atoms with van der Waals surface area (Å²) in [5, 5.41) is 4.39. The summed E-state index contributed by atoms with van der Waals surface area (Å²) in [5.41, 5.74) is 9.03. The average Bonchev–Trinajstić information content (AvgIpc) is 3.28. The van der Waals surface area contributed by atoms with E-state index in [1.54, 1.807) is 35.7 Å². The van der Waals surface area contributed by atoms with Crippen molar-refractivity contribution in [2.24, 2.45) is 0 Å². The number of pyridine rings is 1. The second kappa shape index (κ2) is 6.88. The molecular formula is C19H15BrN4O3. The van der Waals surface area contributed by atoms with Crippen LogP contribution in [-0.2, 0) is 4.74 Å². The van der Waals surface area contributed by atoms with Crippen LogP contribution in [0.4, 0.5) is 5.82 Å². The molecule has 1 aromatic carbocycles. The molecule has 4 rings (SSSR count). The van der Waals surface area contributed by atoms with E-state index in [0.29, 0.717) is 39.9 Å². The number of hydrogen-bond donors (Lipinski definition) is 1. The highest BCUT2D eigenvalue weighted by atomic mass is 79.9. The quantitative estimate of drug-likeness (QED) is 0.491. The Labute approximate surface area is 162 Å². The van der Waals surface area contributed by atoms with Crippen LogP contribution < -0.4 is 5.73 Å². The van der Waals surface area contributed by atoms with Gasteiger partial charge in [0, 0.05) is 0 Å². The molecule has 0 saturated heterocycles. The Kier molecular flexibility index (Phi) is 4.41. The van der Waals surface area contributed by atoms with Crippen LogP contribution in [0.25, 0.3) is 28.4 Å². The molecule has 27 heavy (non-hydrogen) atoms. The molecule has 0 aliphatic heterocycles. The fourth-order valence-corrected chi connectivity index (χ4v) is 3.03. The molecule has 4 aromatic rings. The SMILES string of the molecule is CCOC(=O)c1ccc(-c2cc(N)n3nc(-c4ccc(Br)o4)nc3c2)cc1. The number of fused-ring (bicyclic) bond motifs is 1. The number of carbonyl (C=O) groups excluding carboxylic acids is 1. The summed E-state index contributed by atoms with van der Waals surface area (Å²) >= 11 is 3.27. The van der Waals surface area contributed by atoms with Crippen molar-refractivity contribution in [2.75, 3.05) is 12.3 Å². The van der Waals surface area contributed by atoms with Gasteiger partial charge in [-0.05, 0) is 70.4 Å². The first kappa shape index (κ1) is 17.3. The van der Waals surface area contributed by atoms with Crippen molar-refractivity contribution >= 4 is 33.4 Å². The Bertz CT molecular complexity index is 1130. The molecule has 0 bridgehead atoms. The van der Waals surface area contributed by atoms with Crippen molar-refractivity contribution < 1.29 is 13.9 Å². The molecule has 0 aliphatic rings. The first-order valence-electron chi connectivity index (χ1n) is 8.24. The van der Waals surface area contributed by atoms with Gasteiger partial charge in [0.1, 0.15) is 5.82 Å². The highest BCUT2D eigenvalue weighted by molar-refractivity contribution is 9.10. The van der Waals surface area contributed by atoms with Crippen molar-refractivity contribution in [3.05, 3.63) is 58.8 Å². The fourth-order valence-electron chi connectivity index (χ4n) is 2.73. The molecule has 0 fully saturated rings. The smallest absolute Gasteiger partial charge is 0.338 e. The number of furan rings is 1. The number of rotatable bonds is 4. The monoisotopic (exact) mass is 426 g/mol. The molecule has 136 valence electrons. The van der Waals surface area contributed by atoms with E-state index in [1.807, 2.05) is 24.3 Å². The highest BCUT2D eigenvalue weighted by Gasteiger charge is 2.14. The number of nitrogen functional groups attached to an aromatic ring is 1. The summed E-state index contributed by atoms with van der Waals surface area (Å²) < 4.78 is 12.7. The molecule has 3 heterocycles. The van der Waals surface area contributed by atoms with Crippen LogP contribution in [0.2, 0.25) is 0 Å². The minimum Gasteiger partial charge on any atom is -0.462 e. The van der Waals surface area contributed by atoms with E-state index in [2.05, 4.69) is 26.0 Å². The molecule has 2 N–H and O–H groups in total. The van der Waals surface area contributed by atoms with Gasteiger partial charge in [-0.3, -0.25) is 0 Å². The molecule has 0 aliphatic carbocycles. The van der Waals surface area contributed by atoms with Crippen molar-refractivity contribution in [2.45, 2.75) is 6.92 Å². The van der Waals surface area contributed by atoms with Gasteiger partial charge in [0.25, 0.3) is 0 Å². The molecule has 0 atom stereocenters. The van der Waals surface area contributed by atoms with Gasteiger partial charge in [-0.1, -0.05) is 12.1 Å². The number of esters is 1. The number of hydrogen-bond acceptors (Lipinski definition) is 6. The maximum atomic E-state index is 11.8. The summed E-state index contributed by atoms with van der Waals surface area (Å²) in [7, 11) is 0. The van der Waals surface area contributed by atoms with Crippen LogP contribution >= 0.6 is 15.9 Å². The van der Waals surface area contributed by atoms with Gasteiger partial charge in [-0.2, -0.15) is 4.52 Å². The maximum absolute atomic E-state index is 11.8. The van der Waals surface area contributed by atoms with Gasteiger partial charge in [-0.25, -0.2) is 9.78 Å². The van der Waals surface area contributed by atoms with Gasteiger partial charge in [0.15, 0.2) is 16.1 Å².